The van der Waals surface area contributed by atoms with E-state index in [2.05, 4.69) is 34.3 Å². The molecule has 3 nitrogen and oxygen atoms in total. The number of hydrogen-bond donors (Lipinski definition) is 1. The van der Waals surface area contributed by atoms with Crippen molar-refractivity contribution in [1.82, 2.24) is 15.2 Å². The standard InChI is InChI=1S/C12H19N3/c1-3-15(12-7-13-8-12)9-11-6-4-5-10(2)14-11/h4-6,12-13H,3,7-9H2,1-2H3. The maximum atomic E-state index is 4.54. The number of nitrogens with one attached hydrogen (secondary N) is 1. The molecule has 1 aliphatic heterocycles. The predicted octanol–water partition coefficient (Wildman–Crippen LogP) is 1.18. The summed E-state index contributed by atoms with van der Waals surface area (Å²) >= 11 is 0. The van der Waals surface area contributed by atoms with Crippen molar-refractivity contribution in [2.24, 2.45) is 0 Å². The second kappa shape index (κ2) is 4.73. The first-order valence-corrected chi connectivity index (χ1v) is 5.67. The van der Waals surface area contributed by atoms with E-state index in [1.54, 1.807) is 0 Å². The van der Waals surface area contributed by atoms with E-state index in [1.165, 1.54) is 5.69 Å². The van der Waals surface area contributed by atoms with Crippen LogP contribution in [0.2, 0.25) is 0 Å². The summed E-state index contributed by atoms with van der Waals surface area (Å²) in [6.07, 6.45) is 0. The van der Waals surface area contributed by atoms with Crippen molar-refractivity contribution in [3.05, 3.63) is 29.6 Å². The molecule has 15 heavy (non-hydrogen) atoms. The van der Waals surface area contributed by atoms with Crippen molar-refractivity contribution in [3.63, 3.8) is 0 Å². The lowest BCUT2D eigenvalue weighted by atomic mass is 10.1. The summed E-state index contributed by atoms with van der Waals surface area (Å²) in [5, 5.41) is 3.31. The molecule has 3 heteroatoms. The Kier molecular flexibility index (Phi) is 3.34. The van der Waals surface area contributed by atoms with Crippen LogP contribution in [0.4, 0.5) is 0 Å². The Balaban J connectivity index is 1.99. The topological polar surface area (TPSA) is 28.2 Å². The number of hydrogen-bond acceptors (Lipinski definition) is 3. The first-order chi connectivity index (χ1) is 7.29. The lowest BCUT2D eigenvalue weighted by Crippen LogP contribution is -2.56. The minimum Gasteiger partial charge on any atom is -0.314 e. The Bertz CT molecular complexity index is 320. The molecule has 82 valence electrons. The van der Waals surface area contributed by atoms with Gasteiger partial charge in [0.25, 0.3) is 0 Å². The third-order valence-corrected chi connectivity index (χ3v) is 2.99. The minimum absolute atomic E-state index is 0.706. The summed E-state index contributed by atoms with van der Waals surface area (Å²) in [7, 11) is 0. The highest BCUT2D eigenvalue weighted by Crippen LogP contribution is 2.09. The van der Waals surface area contributed by atoms with E-state index in [-0.39, 0.29) is 0 Å². The minimum atomic E-state index is 0.706. The lowest BCUT2D eigenvalue weighted by Gasteiger charge is -2.37. The van der Waals surface area contributed by atoms with Crippen LogP contribution in [0.25, 0.3) is 0 Å². The molecule has 0 unspecified atom stereocenters. The van der Waals surface area contributed by atoms with Gasteiger partial charge in [0.15, 0.2) is 0 Å². The zero-order valence-corrected chi connectivity index (χ0v) is 9.53. The molecule has 1 aromatic heterocycles. The van der Waals surface area contributed by atoms with Gasteiger partial charge in [-0.1, -0.05) is 13.0 Å². The second-order valence-electron chi connectivity index (χ2n) is 4.15. The molecule has 1 N–H and O–H groups in total. The second-order valence-corrected chi connectivity index (χ2v) is 4.15. The molecule has 0 spiro atoms. The van der Waals surface area contributed by atoms with Crippen LogP contribution in [-0.2, 0) is 6.54 Å². The van der Waals surface area contributed by atoms with E-state index in [0.717, 1.165) is 31.9 Å². The molecular weight excluding hydrogens is 186 g/mol. The molecule has 0 saturated carbocycles. The smallest absolute Gasteiger partial charge is 0.0547 e. The van der Waals surface area contributed by atoms with Crippen molar-refractivity contribution in [3.8, 4) is 0 Å². The normalized spacial score (nSPS) is 16.7. The van der Waals surface area contributed by atoms with Gasteiger partial charge in [0, 0.05) is 31.4 Å². The van der Waals surface area contributed by atoms with Crippen LogP contribution in [0, 0.1) is 6.92 Å². The van der Waals surface area contributed by atoms with Gasteiger partial charge in [0.05, 0.1) is 5.69 Å². The lowest BCUT2D eigenvalue weighted by molar-refractivity contribution is 0.143. The van der Waals surface area contributed by atoms with Crippen LogP contribution in [-0.4, -0.2) is 35.6 Å². The number of nitrogens with zero attached hydrogens (tertiary/aromatic N) is 2. The average molecular weight is 205 g/mol. The average Bonchev–Trinajstić information content (AvgIpc) is 2.14. The molecule has 1 aromatic rings. The van der Waals surface area contributed by atoms with Gasteiger partial charge in [0.2, 0.25) is 0 Å². The molecule has 2 rings (SSSR count). The zero-order valence-electron chi connectivity index (χ0n) is 9.53. The van der Waals surface area contributed by atoms with Crippen LogP contribution in [0.1, 0.15) is 18.3 Å². The molecule has 0 aliphatic carbocycles. The Morgan fingerprint density at radius 1 is 1.47 bits per heavy atom. The molecule has 1 aliphatic rings. The van der Waals surface area contributed by atoms with Crippen molar-refractivity contribution in [2.75, 3.05) is 19.6 Å². The number of aryl methyl sites for hydroxylation is 1. The van der Waals surface area contributed by atoms with Gasteiger partial charge in [-0.25, -0.2) is 0 Å². The zero-order chi connectivity index (χ0) is 10.7. The third kappa shape index (κ3) is 2.55. The van der Waals surface area contributed by atoms with Gasteiger partial charge in [-0.3, -0.25) is 9.88 Å². The van der Waals surface area contributed by atoms with Crippen LogP contribution in [0.3, 0.4) is 0 Å². The number of rotatable bonds is 4. The Labute approximate surface area is 91.5 Å². The van der Waals surface area contributed by atoms with Crippen LogP contribution in [0.15, 0.2) is 18.2 Å². The fourth-order valence-corrected chi connectivity index (χ4v) is 1.93. The van der Waals surface area contributed by atoms with E-state index in [1.807, 2.05) is 13.0 Å². The quantitative estimate of drug-likeness (QED) is 0.800. The van der Waals surface area contributed by atoms with Crippen molar-refractivity contribution in [1.29, 1.82) is 0 Å². The third-order valence-electron chi connectivity index (χ3n) is 2.99. The van der Waals surface area contributed by atoms with E-state index in [0.29, 0.717) is 6.04 Å². The van der Waals surface area contributed by atoms with Crippen molar-refractivity contribution in [2.45, 2.75) is 26.4 Å². The molecule has 0 atom stereocenters. The highest BCUT2D eigenvalue weighted by molar-refractivity contribution is 5.10. The first kappa shape index (κ1) is 10.6. The molecule has 0 bridgehead atoms. The maximum Gasteiger partial charge on any atom is 0.0547 e. The molecule has 0 radical (unpaired) electrons. The highest BCUT2D eigenvalue weighted by Gasteiger charge is 2.23. The molecule has 1 saturated heterocycles. The predicted molar refractivity (Wildman–Crippen MR) is 61.7 cm³/mol. The Morgan fingerprint density at radius 3 is 2.80 bits per heavy atom. The molecule has 2 heterocycles. The molecule has 0 amide bonds. The Morgan fingerprint density at radius 2 is 2.27 bits per heavy atom. The fourth-order valence-electron chi connectivity index (χ4n) is 1.93. The van der Waals surface area contributed by atoms with E-state index in [9.17, 15) is 0 Å². The number of aromatic nitrogens is 1. The summed E-state index contributed by atoms with van der Waals surface area (Å²) in [6, 6.07) is 6.95. The van der Waals surface area contributed by atoms with Gasteiger partial charge in [-0.05, 0) is 25.6 Å². The van der Waals surface area contributed by atoms with E-state index >= 15 is 0 Å². The summed E-state index contributed by atoms with van der Waals surface area (Å²) in [4.78, 5) is 7.02. The summed E-state index contributed by atoms with van der Waals surface area (Å²) in [5.74, 6) is 0. The van der Waals surface area contributed by atoms with E-state index in [4.69, 9.17) is 0 Å². The maximum absolute atomic E-state index is 4.54. The largest absolute Gasteiger partial charge is 0.314 e. The molecule has 0 aromatic carbocycles. The fraction of sp³-hybridized carbons (Fsp3) is 0.583. The van der Waals surface area contributed by atoms with E-state index < -0.39 is 0 Å². The first-order valence-electron chi connectivity index (χ1n) is 5.67. The van der Waals surface area contributed by atoms with Gasteiger partial charge >= 0.3 is 0 Å². The summed E-state index contributed by atoms with van der Waals surface area (Å²) in [6.45, 7) is 8.59. The summed E-state index contributed by atoms with van der Waals surface area (Å²) < 4.78 is 0. The van der Waals surface area contributed by atoms with Crippen molar-refractivity contribution < 1.29 is 0 Å². The molecular formula is C12H19N3. The summed E-state index contributed by atoms with van der Waals surface area (Å²) in [5.41, 5.74) is 2.29. The highest BCUT2D eigenvalue weighted by atomic mass is 15.2. The van der Waals surface area contributed by atoms with Gasteiger partial charge in [-0.15, -0.1) is 0 Å². The van der Waals surface area contributed by atoms with Crippen LogP contribution < -0.4 is 5.32 Å². The van der Waals surface area contributed by atoms with Gasteiger partial charge in [-0.2, -0.15) is 0 Å². The SMILES string of the molecule is CCN(Cc1cccc(C)n1)C1CNC1. The van der Waals surface area contributed by atoms with Gasteiger partial charge in [0.1, 0.15) is 0 Å². The van der Waals surface area contributed by atoms with Gasteiger partial charge < -0.3 is 5.32 Å². The number of pyridine rings is 1. The van der Waals surface area contributed by atoms with Crippen LogP contribution in [0.5, 0.6) is 0 Å². The van der Waals surface area contributed by atoms with Crippen molar-refractivity contribution >= 4 is 0 Å². The van der Waals surface area contributed by atoms with Crippen LogP contribution >= 0.6 is 0 Å². The monoisotopic (exact) mass is 205 g/mol. The Hall–Kier alpha value is -0.930. The number of likely N-dealkylation sites (N-methyl/N-ethyl adjacent to an activating group) is 1. The molecule has 1 fully saturated rings.